The van der Waals surface area contributed by atoms with E-state index in [-0.39, 0.29) is 16.9 Å². The fourth-order valence-electron chi connectivity index (χ4n) is 3.39. The van der Waals surface area contributed by atoms with Crippen LogP contribution in [0.15, 0.2) is 18.2 Å². The van der Waals surface area contributed by atoms with Crippen LogP contribution in [0.3, 0.4) is 0 Å². The van der Waals surface area contributed by atoms with Crippen LogP contribution in [0.2, 0.25) is 0 Å². The third-order valence-electron chi connectivity index (χ3n) is 3.72. The molecule has 0 unspecified atom stereocenters. The number of halogens is 1. The van der Waals surface area contributed by atoms with Crippen molar-refractivity contribution in [1.82, 2.24) is 5.32 Å². The van der Waals surface area contributed by atoms with E-state index in [9.17, 15) is 4.39 Å². The van der Waals surface area contributed by atoms with Gasteiger partial charge in [0.2, 0.25) is 0 Å². The van der Waals surface area contributed by atoms with Gasteiger partial charge in [-0.3, -0.25) is 0 Å². The molecule has 0 bridgehead atoms. The van der Waals surface area contributed by atoms with Crippen LogP contribution >= 0.6 is 0 Å². The summed E-state index contributed by atoms with van der Waals surface area (Å²) < 4.78 is 13.3. The summed E-state index contributed by atoms with van der Waals surface area (Å²) in [6.45, 7) is 10.7. The molecule has 19 heavy (non-hydrogen) atoms. The Hall–Kier alpha value is -1.09. The second-order valence-corrected chi connectivity index (χ2v) is 7.11. The molecule has 0 atom stereocenters. The first kappa shape index (κ1) is 14.3. The third-order valence-corrected chi connectivity index (χ3v) is 3.72. The Kier molecular flexibility index (Phi) is 3.61. The number of piperidine rings is 1. The van der Waals surface area contributed by atoms with Crippen molar-refractivity contribution in [2.45, 2.75) is 64.6 Å². The molecule has 2 nitrogen and oxygen atoms in total. The maximum absolute atomic E-state index is 13.3. The first-order chi connectivity index (χ1) is 8.67. The number of aryl methyl sites for hydroxylation is 1. The Morgan fingerprint density at radius 3 is 2.26 bits per heavy atom. The van der Waals surface area contributed by atoms with Gasteiger partial charge < -0.3 is 10.6 Å². The van der Waals surface area contributed by atoms with Gasteiger partial charge in [-0.05, 0) is 71.2 Å². The monoisotopic (exact) mass is 264 g/mol. The Morgan fingerprint density at radius 2 is 1.74 bits per heavy atom. The summed E-state index contributed by atoms with van der Waals surface area (Å²) in [5, 5.41) is 7.22. The zero-order valence-electron chi connectivity index (χ0n) is 12.6. The molecule has 2 rings (SSSR count). The predicted octanol–water partition coefficient (Wildman–Crippen LogP) is 3.86. The van der Waals surface area contributed by atoms with E-state index >= 15 is 0 Å². The van der Waals surface area contributed by atoms with Crippen molar-refractivity contribution in [3.05, 3.63) is 29.6 Å². The largest absolute Gasteiger partial charge is 0.382 e. The molecule has 0 spiro atoms. The van der Waals surface area contributed by atoms with E-state index in [2.05, 4.69) is 38.3 Å². The fourth-order valence-corrected chi connectivity index (χ4v) is 3.39. The highest BCUT2D eigenvalue weighted by Crippen LogP contribution is 2.30. The highest BCUT2D eigenvalue weighted by atomic mass is 19.1. The Bertz CT molecular complexity index is 450. The fraction of sp³-hybridized carbons (Fsp3) is 0.625. The van der Waals surface area contributed by atoms with Crippen molar-refractivity contribution < 1.29 is 4.39 Å². The minimum absolute atomic E-state index is 0.120. The van der Waals surface area contributed by atoms with Crippen LogP contribution in [-0.2, 0) is 0 Å². The average Bonchev–Trinajstić information content (AvgIpc) is 2.18. The second-order valence-electron chi connectivity index (χ2n) is 7.11. The molecule has 1 aliphatic rings. The average molecular weight is 264 g/mol. The molecule has 1 aliphatic heterocycles. The number of hydrogen-bond acceptors (Lipinski definition) is 2. The smallest absolute Gasteiger partial charge is 0.126 e. The highest BCUT2D eigenvalue weighted by Gasteiger charge is 2.37. The van der Waals surface area contributed by atoms with Gasteiger partial charge in [0.1, 0.15) is 5.82 Å². The number of rotatable bonds is 2. The lowest BCUT2D eigenvalue weighted by Crippen LogP contribution is -2.60. The number of benzene rings is 1. The van der Waals surface area contributed by atoms with E-state index in [1.165, 1.54) is 6.07 Å². The Labute approximate surface area is 115 Å². The molecule has 0 radical (unpaired) electrons. The maximum atomic E-state index is 13.3. The van der Waals surface area contributed by atoms with E-state index in [1.54, 1.807) is 6.92 Å². The SMILES string of the molecule is Cc1cc(NC2CC(C)(C)NC(C)(C)C2)ccc1F. The lowest BCUT2D eigenvalue weighted by Gasteiger charge is -2.47. The van der Waals surface area contributed by atoms with Crippen molar-refractivity contribution >= 4 is 5.69 Å². The topological polar surface area (TPSA) is 24.1 Å². The molecule has 1 saturated heterocycles. The van der Waals surface area contributed by atoms with Gasteiger partial charge in [0, 0.05) is 22.8 Å². The molecule has 0 amide bonds. The van der Waals surface area contributed by atoms with Gasteiger partial charge >= 0.3 is 0 Å². The molecule has 3 heteroatoms. The van der Waals surface area contributed by atoms with E-state index in [4.69, 9.17) is 0 Å². The first-order valence-electron chi connectivity index (χ1n) is 6.99. The van der Waals surface area contributed by atoms with E-state index in [1.807, 2.05) is 12.1 Å². The van der Waals surface area contributed by atoms with Crippen LogP contribution in [0.25, 0.3) is 0 Å². The van der Waals surface area contributed by atoms with E-state index in [0.29, 0.717) is 11.6 Å². The molecule has 106 valence electrons. The van der Waals surface area contributed by atoms with Crippen LogP contribution < -0.4 is 10.6 Å². The molecule has 0 aliphatic carbocycles. The zero-order chi connectivity index (χ0) is 14.3. The van der Waals surface area contributed by atoms with Crippen molar-refractivity contribution in [3.8, 4) is 0 Å². The predicted molar refractivity (Wildman–Crippen MR) is 79.1 cm³/mol. The maximum Gasteiger partial charge on any atom is 0.126 e. The van der Waals surface area contributed by atoms with Crippen LogP contribution in [0.1, 0.15) is 46.1 Å². The molecule has 0 saturated carbocycles. The standard InChI is InChI=1S/C16H25FN2/c1-11-8-12(6-7-14(11)17)18-13-9-15(2,3)19-16(4,5)10-13/h6-8,13,18-19H,9-10H2,1-5H3. The minimum Gasteiger partial charge on any atom is -0.382 e. The molecule has 0 aromatic heterocycles. The quantitative estimate of drug-likeness (QED) is 0.847. The summed E-state index contributed by atoms with van der Waals surface area (Å²) in [4.78, 5) is 0. The Morgan fingerprint density at radius 1 is 1.16 bits per heavy atom. The molecular weight excluding hydrogens is 239 g/mol. The second kappa shape index (κ2) is 4.78. The molecule has 1 aromatic carbocycles. The normalized spacial score (nSPS) is 22.2. The Balaban J connectivity index is 2.11. The molecule has 1 aromatic rings. The van der Waals surface area contributed by atoms with Crippen molar-refractivity contribution in [2.75, 3.05) is 5.32 Å². The van der Waals surface area contributed by atoms with Crippen LogP contribution in [0, 0.1) is 12.7 Å². The summed E-state index contributed by atoms with van der Waals surface area (Å²) in [5.74, 6) is -0.142. The van der Waals surface area contributed by atoms with Crippen molar-refractivity contribution in [1.29, 1.82) is 0 Å². The van der Waals surface area contributed by atoms with Gasteiger partial charge in [0.15, 0.2) is 0 Å². The van der Waals surface area contributed by atoms with Gasteiger partial charge in [0.05, 0.1) is 0 Å². The lowest BCUT2D eigenvalue weighted by molar-refractivity contribution is 0.170. The van der Waals surface area contributed by atoms with E-state index < -0.39 is 0 Å². The van der Waals surface area contributed by atoms with Gasteiger partial charge in [-0.15, -0.1) is 0 Å². The van der Waals surface area contributed by atoms with Crippen molar-refractivity contribution in [3.63, 3.8) is 0 Å². The zero-order valence-corrected chi connectivity index (χ0v) is 12.6. The van der Waals surface area contributed by atoms with Crippen LogP contribution in [0.5, 0.6) is 0 Å². The van der Waals surface area contributed by atoms with Crippen LogP contribution in [-0.4, -0.2) is 17.1 Å². The van der Waals surface area contributed by atoms with Gasteiger partial charge in [-0.2, -0.15) is 0 Å². The summed E-state index contributed by atoms with van der Waals surface area (Å²) >= 11 is 0. The first-order valence-corrected chi connectivity index (χ1v) is 6.99. The molecular formula is C16H25FN2. The molecule has 2 N–H and O–H groups in total. The third kappa shape index (κ3) is 3.69. The minimum atomic E-state index is -0.142. The number of nitrogens with one attached hydrogen (secondary N) is 2. The van der Waals surface area contributed by atoms with Crippen LogP contribution in [0.4, 0.5) is 10.1 Å². The van der Waals surface area contributed by atoms with Gasteiger partial charge in [-0.25, -0.2) is 4.39 Å². The van der Waals surface area contributed by atoms with Gasteiger partial charge in [-0.1, -0.05) is 0 Å². The van der Waals surface area contributed by atoms with Crippen molar-refractivity contribution in [2.24, 2.45) is 0 Å². The summed E-state index contributed by atoms with van der Waals surface area (Å²) in [5.41, 5.74) is 1.94. The summed E-state index contributed by atoms with van der Waals surface area (Å²) in [6.07, 6.45) is 2.12. The van der Waals surface area contributed by atoms with E-state index in [0.717, 1.165) is 18.5 Å². The summed E-state index contributed by atoms with van der Waals surface area (Å²) in [7, 11) is 0. The lowest BCUT2D eigenvalue weighted by atomic mass is 9.79. The number of anilines is 1. The summed E-state index contributed by atoms with van der Waals surface area (Å²) in [6, 6.07) is 5.66. The highest BCUT2D eigenvalue weighted by molar-refractivity contribution is 5.47. The molecule has 1 heterocycles. The molecule has 1 fully saturated rings. The number of hydrogen-bond donors (Lipinski definition) is 2. The van der Waals surface area contributed by atoms with Gasteiger partial charge in [0.25, 0.3) is 0 Å².